The van der Waals surface area contributed by atoms with Gasteiger partial charge in [-0.3, -0.25) is 9.59 Å². The van der Waals surface area contributed by atoms with Crippen molar-refractivity contribution < 1.29 is 19.5 Å². The van der Waals surface area contributed by atoms with E-state index in [1.165, 1.54) is 22.7 Å². The van der Waals surface area contributed by atoms with Crippen LogP contribution >= 0.6 is 22.7 Å². The standard InChI is InChI=1S/C12H10N2O4S2/c15-10-5-14(6(4-13-10)12(17)18)11(16)9-3-8-7(20-9)1-2-19-8/h1-3,6H,4-5H2,(H,13,15)(H,17,18). The van der Waals surface area contributed by atoms with E-state index in [4.69, 9.17) is 5.11 Å². The van der Waals surface area contributed by atoms with Gasteiger partial charge in [-0.1, -0.05) is 0 Å². The minimum atomic E-state index is -1.11. The maximum atomic E-state index is 12.4. The number of amides is 2. The Balaban J connectivity index is 1.92. The normalized spacial score (nSPS) is 19.1. The summed E-state index contributed by atoms with van der Waals surface area (Å²) in [4.78, 5) is 36.6. The van der Waals surface area contributed by atoms with Crippen LogP contribution in [0, 0.1) is 0 Å². The highest BCUT2D eigenvalue weighted by atomic mass is 32.1. The summed E-state index contributed by atoms with van der Waals surface area (Å²) < 4.78 is 1.98. The molecule has 2 aromatic heterocycles. The van der Waals surface area contributed by atoms with E-state index in [1.54, 1.807) is 6.07 Å². The Labute approximate surface area is 121 Å². The van der Waals surface area contributed by atoms with E-state index in [1.807, 2.05) is 11.4 Å². The largest absolute Gasteiger partial charge is 0.480 e. The van der Waals surface area contributed by atoms with Crippen molar-refractivity contribution in [2.45, 2.75) is 6.04 Å². The first-order valence-corrected chi connectivity index (χ1v) is 7.53. The van der Waals surface area contributed by atoms with E-state index in [0.717, 1.165) is 14.3 Å². The number of hydrogen-bond donors (Lipinski definition) is 2. The van der Waals surface area contributed by atoms with Crippen LogP contribution in [-0.4, -0.2) is 46.9 Å². The second kappa shape index (κ2) is 4.88. The van der Waals surface area contributed by atoms with Gasteiger partial charge >= 0.3 is 5.97 Å². The molecule has 1 unspecified atom stereocenters. The number of nitrogens with zero attached hydrogens (tertiary/aromatic N) is 1. The number of fused-ring (bicyclic) bond motifs is 1. The third kappa shape index (κ3) is 2.16. The van der Waals surface area contributed by atoms with E-state index in [0.29, 0.717) is 4.88 Å². The molecular weight excluding hydrogens is 300 g/mol. The lowest BCUT2D eigenvalue weighted by molar-refractivity contribution is -0.144. The number of hydrogen-bond acceptors (Lipinski definition) is 5. The fourth-order valence-electron chi connectivity index (χ4n) is 2.09. The van der Waals surface area contributed by atoms with Crippen molar-refractivity contribution in [3.63, 3.8) is 0 Å². The molecule has 0 radical (unpaired) electrons. The molecule has 0 spiro atoms. The van der Waals surface area contributed by atoms with E-state index in [-0.39, 0.29) is 19.0 Å². The van der Waals surface area contributed by atoms with Crippen LogP contribution in [0.5, 0.6) is 0 Å². The fourth-order valence-corrected chi connectivity index (χ4v) is 4.15. The molecule has 6 nitrogen and oxygen atoms in total. The third-order valence-corrected chi connectivity index (χ3v) is 5.16. The number of aliphatic carboxylic acids is 1. The topological polar surface area (TPSA) is 86.7 Å². The second-order valence-corrected chi connectivity index (χ2v) is 6.38. The molecule has 3 rings (SSSR count). The van der Waals surface area contributed by atoms with E-state index < -0.39 is 17.9 Å². The number of carbonyl (C=O) groups excluding carboxylic acids is 2. The molecule has 1 fully saturated rings. The molecule has 2 aromatic rings. The predicted octanol–water partition coefficient (Wildman–Crippen LogP) is 0.988. The van der Waals surface area contributed by atoms with Gasteiger partial charge in [-0.2, -0.15) is 0 Å². The molecule has 20 heavy (non-hydrogen) atoms. The molecule has 8 heteroatoms. The molecule has 1 saturated heterocycles. The summed E-state index contributed by atoms with van der Waals surface area (Å²) >= 11 is 2.84. The number of carboxylic acid groups (broad SMARTS) is 1. The number of rotatable bonds is 2. The SMILES string of the molecule is O=C1CN(C(=O)c2cc3sccc3s2)C(C(=O)O)CN1. The van der Waals surface area contributed by atoms with Gasteiger partial charge in [0.1, 0.15) is 12.6 Å². The molecule has 104 valence electrons. The maximum absolute atomic E-state index is 12.4. The van der Waals surface area contributed by atoms with Gasteiger partial charge in [-0.05, 0) is 17.5 Å². The molecule has 0 saturated carbocycles. The Kier molecular flexibility index (Phi) is 3.19. The predicted molar refractivity (Wildman–Crippen MR) is 75.2 cm³/mol. The summed E-state index contributed by atoms with van der Waals surface area (Å²) in [6.45, 7) is -0.277. The number of thiophene rings is 2. The Morgan fingerprint density at radius 1 is 1.40 bits per heavy atom. The van der Waals surface area contributed by atoms with Crippen molar-refractivity contribution in [2.75, 3.05) is 13.1 Å². The lowest BCUT2D eigenvalue weighted by Crippen LogP contribution is -2.59. The van der Waals surface area contributed by atoms with Gasteiger partial charge in [0.15, 0.2) is 0 Å². The lowest BCUT2D eigenvalue weighted by atomic mass is 10.2. The highest BCUT2D eigenvalue weighted by Crippen LogP contribution is 2.31. The zero-order valence-electron chi connectivity index (χ0n) is 10.2. The Hall–Kier alpha value is -1.93. The van der Waals surface area contributed by atoms with E-state index in [2.05, 4.69) is 5.32 Å². The monoisotopic (exact) mass is 310 g/mol. The molecule has 2 N–H and O–H groups in total. The summed E-state index contributed by atoms with van der Waals surface area (Å²) in [7, 11) is 0. The van der Waals surface area contributed by atoms with Gasteiger partial charge in [0.2, 0.25) is 5.91 Å². The second-order valence-electron chi connectivity index (χ2n) is 4.35. The summed E-state index contributed by atoms with van der Waals surface area (Å²) in [5.41, 5.74) is 0. The Morgan fingerprint density at radius 2 is 2.20 bits per heavy atom. The van der Waals surface area contributed by atoms with Crippen LogP contribution in [0.2, 0.25) is 0 Å². The summed E-state index contributed by atoms with van der Waals surface area (Å²) in [5, 5.41) is 13.5. The lowest BCUT2D eigenvalue weighted by Gasteiger charge is -2.32. The smallest absolute Gasteiger partial charge is 0.328 e. The van der Waals surface area contributed by atoms with E-state index in [9.17, 15) is 14.4 Å². The molecule has 3 heterocycles. The maximum Gasteiger partial charge on any atom is 0.328 e. The highest BCUT2D eigenvalue weighted by Gasteiger charge is 2.36. The molecule has 1 atom stereocenters. The molecular formula is C12H10N2O4S2. The van der Waals surface area contributed by atoms with Crippen molar-refractivity contribution in [3.05, 3.63) is 22.4 Å². The average Bonchev–Trinajstić information content (AvgIpc) is 2.97. The Bertz CT molecular complexity index is 677. The van der Waals surface area contributed by atoms with Gasteiger partial charge in [0.25, 0.3) is 5.91 Å². The molecule has 0 aliphatic carbocycles. The van der Waals surface area contributed by atoms with Crippen LogP contribution in [0.4, 0.5) is 0 Å². The van der Waals surface area contributed by atoms with Crippen LogP contribution in [-0.2, 0) is 9.59 Å². The summed E-state index contributed by atoms with van der Waals surface area (Å²) in [6.07, 6.45) is 0. The zero-order chi connectivity index (χ0) is 14.3. The van der Waals surface area contributed by atoms with Gasteiger partial charge < -0.3 is 15.3 Å². The van der Waals surface area contributed by atoms with Gasteiger partial charge in [-0.25, -0.2) is 4.79 Å². The molecule has 1 aliphatic heterocycles. The minimum absolute atomic E-state index is 0.0559. The van der Waals surface area contributed by atoms with Gasteiger partial charge in [0.05, 0.1) is 4.88 Å². The number of carbonyl (C=O) groups is 3. The summed E-state index contributed by atoms with van der Waals surface area (Å²) in [5.74, 6) is -1.86. The van der Waals surface area contributed by atoms with Crippen LogP contribution in [0.1, 0.15) is 9.67 Å². The Morgan fingerprint density at radius 3 is 2.90 bits per heavy atom. The number of piperazine rings is 1. The molecule has 2 amide bonds. The molecule has 0 bridgehead atoms. The van der Waals surface area contributed by atoms with Crippen molar-refractivity contribution in [2.24, 2.45) is 0 Å². The third-order valence-electron chi connectivity index (χ3n) is 3.08. The molecule has 0 aromatic carbocycles. The number of nitrogens with one attached hydrogen (secondary N) is 1. The first-order chi connectivity index (χ1) is 9.56. The zero-order valence-corrected chi connectivity index (χ0v) is 11.8. The van der Waals surface area contributed by atoms with Crippen molar-refractivity contribution in [3.8, 4) is 0 Å². The van der Waals surface area contributed by atoms with E-state index >= 15 is 0 Å². The van der Waals surface area contributed by atoms with Gasteiger partial charge in [0, 0.05) is 15.9 Å². The highest BCUT2D eigenvalue weighted by molar-refractivity contribution is 7.27. The van der Waals surface area contributed by atoms with Gasteiger partial charge in [-0.15, -0.1) is 22.7 Å². The minimum Gasteiger partial charge on any atom is -0.480 e. The first kappa shape index (κ1) is 13.1. The number of carboxylic acids is 1. The van der Waals surface area contributed by atoms with Crippen molar-refractivity contribution in [1.29, 1.82) is 0 Å². The van der Waals surface area contributed by atoms with Crippen LogP contribution in [0.25, 0.3) is 9.40 Å². The van der Waals surface area contributed by atoms with Crippen molar-refractivity contribution in [1.82, 2.24) is 10.2 Å². The fraction of sp³-hybridized carbons (Fsp3) is 0.250. The quantitative estimate of drug-likeness (QED) is 0.866. The summed E-state index contributed by atoms with van der Waals surface area (Å²) in [6, 6.07) is 2.65. The average molecular weight is 310 g/mol. The first-order valence-electron chi connectivity index (χ1n) is 5.84. The van der Waals surface area contributed by atoms with Crippen LogP contribution in [0.15, 0.2) is 17.5 Å². The van der Waals surface area contributed by atoms with Crippen LogP contribution in [0.3, 0.4) is 0 Å². The van der Waals surface area contributed by atoms with Crippen LogP contribution < -0.4 is 5.32 Å². The molecule has 1 aliphatic rings. The van der Waals surface area contributed by atoms with Crippen molar-refractivity contribution >= 4 is 49.9 Å².